The largest absolute Gasteiger partial charge is 0.391 e. The predicted octanol–water partition coefficient (Wildman–Crippen LogP) is -5.55. The fourth-order valence-electron chi connectivity index (χ4n) is 2.81. The normalized spacial score (nSPS) is 25.9. The maximum atomic E-state index is 12.5. The first-order valence-electron chi connectivity index (χ1n) is 11.0. The van der Waals surface area contributed by atoms with E-state index < -0.39 is 78.9 Å². The fraction of sp³-hybridized carbons (Fsp3) is 0.684. The topological polar surface area (TPSA) is 260 Å². The van der Waals surface area contributed by atoms with Gasteiger partial charge in [0, 0.05) is 6.54 Å². The monoisotopic (exact) mass is 519 g/mol. The maximum Gasteiger partial charge on any atom is 0.316 e. The SMILES string of the molecule is CC(O)[C@@H]1NC(=O)N[C@H](CC(N)=O)C(=O)NNC(=O)[C@@H](C(C)O)NC(=O)COCCOCCNC1=O. The summed E-state index contributed by atoms with van der Waals surface area (Å²) in [6.07, 6.45) is -3.40. The summed E-state index contributed by atoms with van der Waals surface area (Å²) in [5.74, 6) is -4.58. The van der Waals surface area contributed by atoms with Crippen LogP contribution in [0.4, 0.5) is 4.79 Å². The van der Waals surface area contributed by atoms with Gasteiger partial charge < -0.3 is 46.7 Å². The second-order valence-electron chi connectivity index (χ2n) is 7.78. The number of nitrogens with one attached hydrogen (secondary N) is 6. The minimum atomic E-state index is -1.60. The Morgan fingerprint density at radius 3 is 2.08 bits per heavy atom. The number of aliphatic hydroxyl groups excluding tert-OH is 2. The van der Waals surface area contributed by atoms with Gasteiger partial charge in [-0.25, -0.2) is 4.79 Å². The zero-order chi connectivity index (χ0) is 27.3. The summed E-state index contributed by atoms with van der Waals surface area (Å²) in [6, 6.07) is -5.61. The van der Waals surface area contributed by atoms with E-state index in [0.29, 0.717) is 0 Å². The van der Waals surface area contributed by atoms with Crippen molar-refractivity contribution in [1.82, 2.24) is 32.1 Å². The summed E-state index contributed by atoms with van der Waals surface area (Å²) in [5, 5.41) is 28.7. The smallest absolute Gasteiger partial charge is 0.316 e. The number of urea groups is 1. The third-order valence-corrected chi connectivity index (χ3v) is 4.62. The molecule has 17 heteroatoms. The van der Waals surface area contributed by atoms with Crippen molar-refractivity contribution < 1.29 is 48.5 Å². The first-order chi connectivity index (χ1) is 16.9. The van der Waals surface area contributed by atoms with Crippen LogP contribution in [0.2, 0.25) is 0 Å². The number of hydrazine groups is 1. The van der Waals surface area contributed by atoms with Gasteiger partial charge in [-0.1, -0.05) is 0 Å². The van der Waals surface area contributed by atoms with Gasteiger partial charge in [-0.3, -0.25) is 34.8 Å². The number of rotatable bonds is 4. The number of aliphatic hydroxyl groups is 2. The number of carbonyl (C=O) groups excluding carboxylic acids is 6. The van der Waals surface area contributed by atoms with E-state index >= 15 is 0 Å². The summed E-state index contributed by atoms with van der Waals surface area (Å²) in [4.78, 5) is 73.0. The zero-order valence-electron chi connectivity index (χ0n) is 19.9. The summed E-state index contributed by atoms with van der Waals surface area (Å²) < 4.78 is 10.4. The van der Waals surface area contributed by atoms with Crippen LogP contribution in [0.5, 0.6) is 0 Å². The van der Waals surface area contributed by atoms with E-state index in [2.05, 4.69) is 21.3 Å². The average molecular weight is 520 g/mol. The number of ether oxygens (including phenoxy) is 2. The van der Waals surface area contributed by atoms with E-state index in [-0.39, 0.29) is 26.4 Å². The van der Waals surface area contributed by atoms with Gasteiger partial charge in [0.2, 0.25) is 17.7 Å². The summed E-state index contributed by atoms with van der Waals surface area (Å²) >= 11 is 0. The van der Waals surface area contributed by atoms with Crippen LogP contribution in [0.1, 0.15) is 20.3 Å². The van der Waals surface area contributed by atoms with Crippen LogP contribution in [0.25, 0.3) is 0 Å². The molecular formula is C19H33N7O10. The quantitative estimate of drug-likeness (QED) is 0.170. The zero-order valence-corrected chi connectivity index (χ0v) is 19.9. The summed E-state index contributed by atoms with van der Waals surface area (Å²) in [6.45, 7) is 2.14. The maximum absolute atomic E-state index is 12.5. The number of carbonyl (C=O) groups is 6. The molecule has 17 nitrogen and oxygen atoms in total. The predicted molar refractivity (Wildman–Crippen MR) is 119 cm³/mol. The van der Waals surface area contributed by atoms with Crippen molar-refractivity contribution >= 4 is 35.6 Å². The highest BCUT2D eigenvalue weighted by molar-refractivity contribution is 5.95. The first kappa shape index (κ1) is 30.5. The number of primary amides is 1. The van der Waals surface area contributed by atoms with Gasteiger partial charge in [0.1, 0.15) is 24.7 Å². The molecule has 1 aliphatic rings. The standard InChI is InChI=1S/C19H33N7O10/c1-9(27)14-17(32)21-3-4-35-5-6-36-8-13(30)23-15(10(2)28)18(33)26-25-16(31)11(7-12(20)29)22-19(34)24-14/h9-11,14-15,27-28H,3-8H2,1-2H3,(H2,20,29)(H,21,32)(H,23,30)(H,25,31)(H,26,33)(H2,22,24,34)/t9?,10?,11-,14+,15-/m1/s1. The average Bonchev–Trinajstić information content (AvgIpc) is 2.78. The van der Waals surface area contributed by atoms with E-state index in [9.17, 15) is 39.0 Å². The Bertz CT molecular complexity index is 807. The molecule has 0 radical (unpaired) electrons. The third-order valence-electron chi connectivity index (χ3n) is 4.62. The lowest BCUT2D eigenvalue weighted by Gasteiger charge is -2.24. The molecule has 5 atom stereocenters. The highest BCUT2D eigenvalue weighted by Gasteiger charge is 2.30. The van der Waals surface area contributed by atoms with E-state index in [1.54, 1.807) is 0 Å². The molecule has 0 saturated carbocycles. The molecular weight excluding hydrogens is 486 g/mol. The van der Waals surface area contributed by atoms with E-state index in [0.717, 1.165) is 0 Å². The van der Waals surface area contributed by atoms with Gasteiger partial charge in [-0.2, -0.15) is 0 Å². The highest BCUT2D eigenvalue weighted by atomic mass is 16.5. The second kappa shape index (κ2) is 15.5. The molecule has 1 heterocycles. The first-order valence-corrected chi connectivity index (χ1v) is 11.0. The molecule has 1 fully saturated rings. The van der Waals surface area contributed by atoms with Gasteiger partial charge >= 0.3 is 6.03 Å². The molecule has 0 spiro atoms. The van der Waals surface area contributed by atoms with Crippen molar-refractivity contribution in [3.63, 3.8) is 0 Å². The number of hydrogen-bond donors (Lipinski definition) is 9. The fourth-order valence-corrected chi connectivity index (χ4v) is 2.81. The van der Waals surface area contributed by atoms with Crippen LogP contribution in [-0.2, 0) is 33.4 Å². The Morgan fingerprint density at radius 2 is 1.47 bits per heavy atom. The minimum Gasteiger partial charge on any atom is -0.391 e. The molecule has 10 N–H and O–H groups in total. The lowest BCUT2D eigenvalue weighted by Crippen LogP contribution is -2.61. The van der Waals surface area contributed by atoms with Crippen molar-refractivity contribution in [1.29, 1.82) is 0 Å². The summed E-state index contributed by atoms with van der Waals surface area (Å²) in [5.41, 5.74) is 9.04. The molecule has 7 amide bonds. The van der Waals surface area contributed by atoms with Crippen molar-refractivity contribution in [2.75, 3.05) is 33.0 Å². The van der Waals surface area contributed by atoms with Gasteiger partial charge in [0.25, 0.3) is 11.8 Å². The minimum absolute atomic E-state index is 0.00223. The summed E-state index contributed by atoms with van der Waals surface area (Å²) in [7, 11) is 0. The Balaban J connectivity index is 3.04. The van der Waals surface area contributed by atoms with Crippen molar-refractivity contribution in [3.8, 4) is 0 Å². The van der Waals surface area contributed by atoms with Crippen molar-refractivity contribution in [2.24, 2.45) is 5.73 Å². The Kier molecular flexibility index (Phi) is 13.1. The molecule has 1 aliphatic heterocycles. The molecule has 0 aliphatic carbocycles. The third kappa shape index (κ3) is 11.3. The van der Waals surface area contributed by atoms with Crippen molar-refractivity contribution in [3.05, 3.63) is 0 Å². The highest BCUT2D eigenvalue weighted by Crippen LogP contribution is 1.98. The van der Waals surface area contributed by atoms with Crippen LogP contribution in [-0.4, -0.2) is 109 Å². The van der Waals surface area contributed by atoms with E-state index in [4.69, 9.17) is 15.2 Å². The Hall–Kier alpha value is -3.54. The second-order valence-corrected chi connectivity index (χ2v) is 7.78. The molecule has 0 aromatic carbocycles. The van der Waals surface area contributed by atoms with Gasteiger partial charge in [0.15, 0.2) is 0 Å². The van der Waals surface area contributed by atoms with Gasteiger partial charge in [-0.05, 0) is 13.8 Å². The lowest BCUT2D eigenvalue weighted by atomic mass is 10.1. The van der Waals surface area contributed by atoms with Crippen LogP contribution in [0, 0.1) is 0 Å². The van der Waals surface area contributed by atoms with Crippen LogP contribution < -0.4 is 37.9 Å². The number of nitrogens with two attached hydrogens (primary N) is 1. The van der Waals surface area contributed by atoms with Crippen LogP contribution >= 0.6 is 0 Å². The Morgan fingerprint density at radius 1 is 0.889 bits per heavy atom. The molecule has 0 aromatic heterocycles. The van der Waals surface area contributed by atoms with Crippen molar-refractivity contribution in [2.45, 2.75) is 50.6 Å². The van der Waals surface area contributed by atoms with E-state index in [1.807, 2.05) is 10.9 Å². The molecule has 1 saturated heterocycles. The molecule has 0 aromatic rings. The van der Waals surface area contributed by atoms with E-state index in [1.165, 1.54) is 13.8 Å². The number of hydrogen-bond acceptors (Lipinski definition) is 10. The molecule has 2 unspecified atom stereocenters. The van der Waals surface area contributed by atoms with Crippen LogP contribution in [0.3, 0.4) is 0 Å². The molecule has 204 valence electrons. The molecule has 1 rings (SSSR count). The molecule has 0 bridgehead atoms. The number of amides is 7. The van der Waals surface area contributed by atoms with Gasteiger partial charge in [-0.15, -0.1) is 0 Å². The Labute approximate surface area is 206 Å². The lowest BCUT2D eigenvalue weighted by molar-refractivity contribution is -0.136. The van der Waals surface area contributed by atoms with Crippen LogP contribution in [0.15, 0.2) is 0 Å². The molecule has 36 heavy (non-hydrogen) atoms. The van der Waals surface area contributed by atoms with Gasteiger partial charge in [0.05, 0.1) is 38.4 Å².